The summed E-state index contributed by atoms with van der Waals surface area (Å²) < 4.78 is 35.2. The number of phenols is 1. The average Bonchev–Trinajstić information content (AvgIpc) is 3.31. The average molecular weight is 584 g/mol. The van der Waals surface area contributed by atoms with E-state index in [0.717, 1.165) is 47.8 Å². The van der Waals surface area contributed by atoms with E-state index < -0.39 is 6.61 Å². The lowest BCUT2D eigenvalue weighted by molar-refractivity contribution is -0.117. The van der Waals surface area contributed by atoms with Gasteiger partial charge in [-0.3, -0.25) is 0 Å². The third-order valence-electron chi connectivity index (χ3n) is 6.71. The highest BCUT2D eigenvalue weighted by Gasteiger charge is 2.12. The van der Waals surface area contributed by atoms with Crippen molar-refractivity contribution >= 4 is 16.8 Å². The molecule has 0 radical (unpaired) electrons. The molecule has 0 spiro atoms. The molecule has 4 rings (SSSR count). The standard InChI is InChI=1S/C18H21N3O2.C8H8F2O.C7H14O/c1-4-12(2)9-13-5-6-14(10-16(13)22)23-18-17-15(19-11-20-18)7-8-21(17)3;1-6-3-2-4-7(5-6)11-8(9)10;1-4-6(2)5-7(3)8/h5-8,10-12,22H,4,9H2,1-3H3;2-5,8H,1H3;6H,4-5H2,1-3H3/t12-;;/m0../s1. The van der Waals surface area contributed by atoms with Gasteiger partial charge in [0, 0.05) is 25.7 Å². The number of carbonyl (C=O) groups excluding carboxylic acids is 1. The van der Waals surface area contributed by atoms with Crippen LogP contribution in [0.25, 0.3) is 11.0 Å². The third kappa shape index (κ3) is 11.5. The smallest absolute Gasteiger partial charge is 0.387 e. The molecule has 4 aromatic rings. The lowest BCUT2D eigenvalue weighted by Gasteiger charge is -2.12. The lowest BCUT2D eigenvalue weighted by atomic mass is 9.98. The normalized spacial score (nSPS) is 12.0. The Labute approximate surface area is 247 Å². The highest BCUT2D eigenvalue weighted by atomic mass is 19.3. The maximum atomic E-state index is 11.6. The molecule has 9 heteroatoms. The molecule has 2 heterocycles. The second kappa shape index (κ2) is 17.1. The SMILES string of the molecule is CCC(C)CC(C)=O.CC[C@H](C)Cc1ccc(Oc2ncnc3ccn(C)c23)cc1O.Cc1cccc(OC(F)F)c1. The number of ether oxygens (including phenoxy) is 2. The van der Waals surface area contributed by atoms with Gasteiger partial charge in [-0.15, -0.1) is 0 Å². The summed E-state index contributed by atoms with van der Waals surface area (Å²) in [5, 5.41) is 10.2. The molecule has 1 N–H and O–H groups in total. The lowest BCUT2D eigenvalue weighted by Crippen LogP contribution is -2.01. The second-order valence-electron chi connectivity index (χ2n) is 10.6. The summed E-state index contributed by atoms with van der Waals surface area (Å²) in [6.45, 7) is 9.26. The molecule has 0 bridgehead atoms. The Balaban J connectivity index is 0.000000269. The topological polar surface area (TPSA) is 86.5 Å². The number of hydrogen-bond acceptors (Lipinski definition) is 6. The number of fused-ring (bicyclic) bond motifs is 1. The van der Waals surface area contributed by atoms with Crippen LogP contribution in [0, 0.1) is 18.8 Å². The highest BCUT2D eigenvalue weighted by molar-refractivity contribution is 5.80. The van der Waals surface area contributed by atoms with Crippen molar-refractivity contribution in [1.82, 2.24) is 14.5 Å². The van der Waals surface area contributed by atoms with E-state index in [4.69, 9.17) is 4.74 Å². The monoisotopic (exact) mass is 583 g/mol. The number of ketones is 1. The largest absolute Gasteiger partial charge is 0.508 e. The molecule has 0 aliphatic rings. The molecule has 1 unspecified atom stereocenters. The fourth-order valence-electron chi connectivity index (χ4n) is 4.00. The molecule has 0 aliphatic carbocycles. The number of nitrogens with zero attached hydrogens (tertiary/aromatic N) is 3. The number of Topliss-reactive ketones (excluding diaryl/α,β-unsaturated/α-hetero) is 1. The third-order valence-corrected chi connectivity index (χ3v) is 6.71. The van der Waals surface area contributed by atoms with Gasteiger partial charge in [0.05, 0.1) is 5.52 Å². The van der Waals surface area contributed by atoms with Crippen molar-refractivity contribution in [2.75, 3.05) is 0 Å². The van der Waals surface area contributed by atoms with Crippen LogP contribution in [-0.2, 0) is 18.3 Å². The number of phenolic OH excluding ortho intramolecular Hbond substituents is 1. The summed E-state index contributed by atoms with van der Waals surface area (Å²) in [5.41, 5.74) is 3.51. The first-order valence-electron chi connectivity index (χ1n) is 14.2. The Morgan fingerprint density at radius 2 is 1.71 bits per heavy atom. The van der Waals surface area contributed by atoms with Crippen LogP contribution in [0.3, 0.4) is 0 Å². The second-order valence-corrected chi connectivity index (χ2v) is 10.6. The van der Waals surface area contributed by atoms with Crippen molar-refractivity contribution in [3.63, 3.8) is 0 Å². The van der Waals surface area contributed by atoms with Gasteiger partial charge in [0.25, 0.3) is 0 Å². The van der Waals surface area contributed by atoms with Gasteiger partial charge in [-0.1, -0.05) is 58.7 Å². The van der Waals surface area contributed by atoms with Crippen LogP contribution in [0.2, 0.25) is 0 Å². The number of carbonyl (C=O) groups is 1. The van der Waals surface area contributed by atoms with Gasteiger partial charge in [0.2, 0.25) is 5.88 Å². The zero-order chi connectivity index (χ0) is 31.2. The Kier molecular flexibility index (Phi) is 13.9. The van der Waals surface area contributed by atoms with Crippen LogP contribution in [0.15, 0.2) is 61.1 Å². The van der Waals surface area contributed by atoms with Crippen molar-refractivity contribution in [3.05, 3.63) is 72.2 Å². The van der Waals surface area contributed by atoms with Crippen LogP contribution in [-0.4, -0.2) is 32.0 Å². The quantitative estimate of drug-likeness (QED) is 0.201. The Morgan fingerprint density at radius 3 is 2.29 bits per heavy atom. The minimum atomic E-state index is -2.74. The minimum absolute atomic E-state index is 0.208. The van der Waals surface area contributed by atoms with Gasteiger partial charge in [-0.05, 0) is 67.5 Å². The van der Waals surface area contributed by atoms with Crippen molar-refractivity contribution < 1.29 is 28.2 Å². The van der Waals surface area contributed by atoms with Crippen LogP contribution in [0.5, 0.6) is 23.1 Å². The number of aryl methyl sites for hydroxylation is 2. The number of aromatic hydroxyl groups is 1. The molecule has 0 fully saturated rings. The summed E-state index contributed by atoms with van der Waals surface area (Å²) in [4.78, 5) is 18.8. The summed E-state index contributed by atoms with van der Waals surface area (Å²) in [5.74, 6) is 2.94. The first-order valence-corrected chi connectivity index (χ1v) is 14.2. The van der Waals surface area contributed by atoms with Crippen molar-refractivity contribution in [2.24, 2.45) is 18.9 Å². The van der Waals surface area contributed by atoms with Gasteiger partial charge in [-0.2, -0.15) is 13.8 Å². The summed E-state index contributed by atoms with van der Waals surface area (Å²) in [6, 6.07) is 13.9. The van der Waals surface area contributed by atoms with Gasteiger partial charge in [0.15, 0.2) is 0 Å². The van der Waals surface area contributed by atoms with Gasteiger partial charge >= 0.3 is 6.61 Å². The minimum Gasteiger partial charge on any atom is -0.508 e. The number of aromatic nitrogens is 3. The zero-order valence-electron chi connectivity index (χ0n) is 25.6. The highest BCUT2D eigenvalue weighted by Crippen LogP contribution is 2.31. The van der Waals surface area contributed by atoms with E-state index in [1.165, 1.54) is 12.4 Å². The van der Waals surface area contributed by atoms with Gasteiger partial charge < -0.3 is 23.9 Å². The number of hydrogen-bond donors (Lipinski definition) is 1. The van der Waals surface area contributed by atoms with Crippen molar-refractivity contribution in [2.45, 2.75) is 73.8 Å². The molecule has 2 aromatic heterocycles. The maximum Gasteiger partial charge on any atom is 0.387 e. The molecule has 7 nitrogen and oxygen atoms in total. The first-order chi connectivity index (χ1) is 19.9. The van der Waals surface area contributed by atoms with Crippen LogP contribution >= 0.6 is 0 Å². The van der Waals surface area contributed by atoms with E-state index in [1.807, 2.05) is 49.0 Å². The van der Waals surface area contributed by atoms with E-state index in [0.29, 0.717) is 29.2 Å². The molecule has 228 valence electrons. The fraction of sp³-hybridized carbons (Fsp3) is 0.424. The molecule has 0 amide bonds. The molecule has 0 aliphatic heterocycles. The first kappa shape index (κ1) is 34.2. The molecule has 0 saturated heterocycles. The molecular weight excluding hydrogens is 540 g/mol. The summed E-state index contributed by atoms with van der Waals surface area (Å²) >= 11 is 0. The van der Waals surface area contributed by atoms with E-state index in [1.54, 1.807) is 25.1 Å². The zero-order valence-corrected chi connectivity index (χ0v) is 25.6. The van der Waals surface area contributed by atoms with E-state index >= 15 is 0 Å². The van der Waals surface area contributed by atoms with E-state index in [9.17, 15) is 18.7 Å². The van der Waals surface area contributed by atoms with Crippen LogP contribution in [0.1, 0.15) is 65.0 Å². The molecule has 2 atom stereocenters. The Hall–Kier alpha value is -4.01. The van der Waals surface area contributed by atoms with Crippen LogP contribution in [0.4, 0.5) is 8.78 Å². The number of rotatable bonds is 10. The van der Waals surface area contributed by atoms with Crippen molar-refractivity contribution in [1.29, 1.82) is 0 Å². The van der Waals surface area contributed by atoms with Gasteiger partial charge in [-0.25, -0.2) is 4.98 Å². The predicted octanol–water partition coefficient (Wildman–Crippen LogP) is 8.66. The molecule has 0 saturated carbocycles. The van der Waals surface area contributed by atoms with E-state index in [-0.39, 0.29) is 11.5 Å². The number of halogens is 2. The molecular formula is C33H43F2N3O4. The van der Waals surface area contributed by atoms with Crippen LogP contribution < -0.4 is 9.47 Å². The summed E-state index contributed by atoms with van der Waals surface area (Å²) in [7, 11) is 1.92. The Bertz CT molecular complexity index is 1410. The predicted molar refractivity (Wildman–Crippen MR) is 162 cm³/mol. The summed E-state index contributed by atoms with van der Waals surface area (Å²) in [6.07, 6.45) is 7.20. The fourth-order valence-corrected chi connectivity index (χ4v) is 4.00. The number of benzene rings is 2. The molecule has 42 heavy (non-hydrogen) atoms. The van der Waals surface area contributed by atoms with Crippen molar-refractivity contribution in [3.8, 4) is 23.1 Å². The van der Waals surface area contributed by atoms with E-state index in [2.05, 4.69) is 42.4 Å². The number of alkyl halides is 2. The Morgan fingerprint density at radius 1 is 1.00 bits per heavy atom. The van der Waals surface area contributed by atoms with Gasteiger partial charge in [0.1, 0.15) is 34.9 Å². The maximum absolute atomic E-state index is 11.6. The molecule has 2 aromatic carbocycles.